The van der Waals surface area contributed by atoms with Gasteiger partial charge in [0.05, 0.1) is 7.11 Å². The van der Waals surface area contributed by atoms with Crippen LogP contribution in [0.1, 0.15) is 31.2 Å². The van der Waals surface area contributed by atoms with Crippen molar-refractivity contribution in [3.8, 4) is 5.75 Å². The molecule has 0 N–H and O–H groups in total. The molecule has 18 heavy (non-hydrogen) atoms. The van der Waals surface area contributed by atoms with Gasteiger partial charge in [-0.1, -0.05) is 18.2 Å². The van der Waals surface area contributed by atoms with Gasteiger partial charge in [-0.3, -0.25) is 4.79 Å². The lowest BCUT2D eigenvalue weighted by atomic mass is 9.76. The summed E-state index contributed by atoms with van der Waals surface area (Å²) in [5.74, 6) is 1.26. The number of rotatable bonds is 5. The Balaban J connectivity index is 2.18. The van der Waals surface area contributed by atoms with Crippen molar-refractivity contribution >= 4 is 5.78 Å². The summed E-state index contributed by atoms with van der Waals surface area (Å²) in [5, 5.41) is 0. The van der Waals surface area contributed by atoms with Gasteiger partial charge in [0.1, 0.15) is 11.5 Å². The van der Waals surface area contributed by atoms with Crippen LogP contribution < -0.4 is 4.74 Å². The first kappa shape index (κ1) is 12.9. The molecule has 0 radical (unpaired) electrons. The van der Waals surface area contributed by atoms with Crippen molar-refractivity contribution in [1.29, 1.82) is 0 Å². The molecule has 2 heteroatoms. The molecule has 0 bridgehead atoms. The van der Waals surface area contributed by atoms with E-state index in [1.54, 1.807) is 7.11 Å². The number of hydrogen-bond donors (Lipinski definition) is 0. The molecule has 0 aliphatic heterocycles. The zero-order valence-corrected chi connectivity index (χ0v) is 10.9. The fraction of sp³-hybridized carbons (Fsp3) is 0.438. The van der Waals surface area contributed by atoms with Gasteiger partial charge >= 0.3 is 0 Å². The minimum Gasteiger partial charge on any atom is -0.497 e. The molecule has 1 aromatic rings. The summed E-state index contributed by atoms with van der Waals surface area (Å²) in [4.78, 5) is 12.1. The highest BCUT2D eigenvalue weighted by Gasteiger charge is 2.40. The summed E-state index contributed by atoms with van der Waals surface area (Å²) >= 11 is 0. The first-order valence-electron chi connectivity index (χ1n) is 6.47. The molecule has 96 valence electrons. The molecule has 1 atom stereocenters. The fourth-order valence-electron chi connectivity index (χ4n) is 2.88. The summed E-state index contributed by atoms with van der Waals surface area (Å²) in [6, 6.07) is 8.01. The monoisotopic (exact) mass is 244 g/mol. The SMILES string of the molecule is C=CC[C@]1(Cc2ccc(OC)cc2)CCCC1=O. The molecule has 1 fully saturated rings. The molecule has 0 unspecified atom stereocenters. The molecule has 1 aromatic carbocycles. The molecule has 1 saturated carbocycles. The van der Waals surface area contributed by atoms with E-state index >= 15 is 0 Å². The summed E-state index contributed by atoms with van der Waals surface area (Å²) in [6.07, 6.45) is 6.23. The second kappa shape index (κ2) is 5.38. The smallest absolute Gasteiger partial charge is 0.139 e. The van der Waals surface area contributed by atoms with Crippen molar-refractivity contribution in [3.63, 3.8) is 0 Å². The van der Waals surface area contributed by atoms with Gasteiger partial charge in [-0.15, -0.1) is 6.58 Å². The Hall–Kier alpha value is -1.57. The number of hydrogen-bond acceptors (Lipinski definition) is 2. The van der Waals surface area contributed by atoms with Crippen LogP contribution in [0.25, 0.3) is 0 Å². The quantitative estimate of drug-likeness (QED) is 0.740. The van der Waals surface area contributed by atoms with Crippen molar-refractivity contribution in [2.24, 2.45) is 5.41 Å². The number of Topliss-reactive ketones (excluding diaryl/α,β-unsaturated/α-hetero) is 1. The van der Waals surface area contributed by atoms with Crippen molar-refractivity contribution in [2.45, 2.75) is 32.1 Å². The molecule has 0 amide bonds. The van der Waals surface area contributed by atoms with Crippen molar-refractivity contribution in [2.75, 3.05) is 7.11 Å². The third-order valence-electron chi connectivity index (χ3n) is 3.89. The van der Waals surface area contributed by atoms with Gasteiger partial charge < -0.3 is 4.74 Å². The fourth-order valence-corrected chi connectivity index (χ4v) is 2.88. The van der Waals surface area contributed by atoms with E-state index in [9.17, 15) is 4.79 Å². The molecular formula is C16H20O2. The maximum absolute atomic E-state index is 12.1. The molecule has 0 heterocycles. The second-order valence-electron chi connectivity index (χ2n) is 5.07. The van der Waals surface area contributed by atoms with Crippen molar-refractivity contribution < 1.29 is 9.53 Å². The van der Waals surface area contributed by atoms with Crippen LogP contribution in [-0.4, -0.2) is 12.9 Å². The number of methoxy groups -OCH3 is 1. The first-order chi connectivity index (χ1) is 8.70. The molecular weight excluding hydrogens is 224 g/mol. The molecule has 2 rings (SSSR count). The zero-order valence-electron chi connectivity index (χ0n) is 10.9. The van der Waals surface area contributed by atoms with Crippen LogP contribution in [0.3, 0.4) is 0 Å². The number of allylic oxidation sites excluding steroid dienone is 1. The Morgan fingerprint density at radius 3 is 2.61 bits per heavy atom. The lowest BCUT2D eigenvalue weighted by molar-refractivity contribution is -0.125. The van der Waals surface area contributed by atoms with Crippen LogP contribution in [0.4, 0.5) is 0 Å². The largest absolute Gasteiger partial charge is 0.497 e. The summed E-state index contributed by atoms with van der Waals surface area (Å²) in [5.41, 5.74) is 1.00. The van der Waals surface area contributed by atoms with Gasteiger partial charge in [-0.05, 0) is 43.4 Å². The highest BCUT2D eigenvalue weighted by atomic mass is 16.5. The van der Waals surface area contributed by atoms with Gasteiger partial charge in [0.2, 0.25) is 0 Å². The molecule has 1 aliphatic carbocycles. The molecule has 0 spiro atoms. The van der Waals surface area contributed by atoms with Crippen molar-refractivity contribution in [3.05, 3.63) is 42.5 Å². The van der Waals surface area contributed by atoms with Crippen molar-refractivity contribution in [1.82, 2.24) is 0 Å². The van der Waals surface area contributed by atoms with Crippen LogP contribution in [0, 0.1) is 5.41 Å². The third kappa shape index (κ3) is 2.47. The van der Waals surface area contributed by atoms with E-state index in [0.717, 1.165) is 37.9 Å². The van der Waals surface area contributed by atoms with Crippen LogP contribution in [0.15, 0.2) is 36.9 Å². The highest BCUT2D eigenvalue weighted by Crippen LogP contribution is 2.41. The second-order valence-corrected chi connectivity index (χ2v) is 5.07. The Labute approximate surface area is 109 Å². The number of ketones is 1. The Morgan fingerprint density at radius 2 is 2.11 bits per heavy atom. The third-order valence-corrected chi connectivity index (χ3v) is 3.89. The Bertz CT molecular complexity index is 433. The van der Waals surface area contributed by atoms with Gasteiger partial charge in [0.15, 0.2) is 0 Å². The number of benzene rings is 1. The van der Waals surface area contributed by atoms with Crippen LogP contribution >= 0.6 is 0 Å². The summed E-state index contributed by atoms with van der Waals surface area (Å²) in [7, 11) is 1.66. The topological polar surface area (TPSA) is 26.3 Å². The summed E-state index contributed by atoms with van der Waals surface area (Å²) < 4.78 is 5.15. The van der Waals surface area contributed by atoms with Gasteiger partial charge in [-0.2, -0.15) is 0 Å². The first-order valence-corrected chi connectivity index (χ1v) is 6.47. The normalized spacial score (nSPS) is 23.1. The minimum atomic E-state index is -0.198. The van der Waals surface area contributed by atoms with Crippen LogP contribution in [-0.2, 0) is 11.2 Å². The number of ether oxygens (including phenoxy) is 1. The molecule has 0 aromatic heterocycles. The Morgan fingerprint density at radius 1 is 1.39 bits per heavy atom. The maximum Gasteiger partial charge on any atom is 0.139 e. The highest BCUT2D eigenvalue weighted by molar-refractivity contribution is 5.87. The van der Waals surface area contributed by atoms with E-state index in [0.29, 0.717) is 5.78 Å². The van der Waals surface area contributed by atoms with E-state index in [1.165, 1.54) is 5.56 Å². The zero-order chi connectivity index (χ0) is 13.0. The van der Waals surface area contributed by atoms with Gasteiger partial charge in [-0.25, -0.2) is 0 Å². The standard InChI is InChI=1S/C16H20O2/c1-3-10-16(11-4-5-15(16)17)12-13-6-8-14(18-2)9-7-13/h3,6-9H,1,4-5,10-12H2,2H3/t16-/m1/s1. The average Bonchev–Trinajstić information content (AvgIpc) is 2.72. The van der Waals surface area contributed by atoms with E-state index < -0.39 is 0 Å². The van der Waals surface area contributed by atoms with E-state index in [4.69, 9.17) is 4.74 Å². The maximum atomic E-state index is 12.1. The predicted octanol–water partition coefficient (Wildman–Crippen LogP) is 3.55. The lowest BCUT2D eigenvalue weighted by Crippen LogP contribution is -2.27. The number of carbonyl (C=O) groups excluding carboxylic acids is 1. The number of carbonyl (C=O) groups is 1. The lowest BCUT2D eigenvalue weighted by Gasteiger charge is -2.26. The molecule has 2 nitrogen and oxygen atoms in total. The van der Waals surface area contributed by atoms with Crippen LogP contribution in [0.2, 0.25) is 0 Å². The predicted molar refractivity (Wildman–Crippen MR) is 72.8 cm³/mol. The van der Waals surface area contributed by atoms with Gasteiger partial charge in [0, 0.05) is 11.8 Å². The molecule has 0 saturated heterocycles. The van der Waals surface area contributed by atoms with E-state index in [-0.39, 0.29) is 5.41 Å². The minimum absolute atomic E-state index is 0.198. The van der Waals surface area contributed by atoms with Gasteiger partial charge in [0.25, 0.3) is 0 Å². The Kier molecular flexibility index (Phi) is 3.85. The average molecular weight is 244 g/mol. The van der Waals surface area contributed by atoms with E-state index in [2.05, 4.69) is 18.7 Å². The molecule has 1 aliphatic rings. The summed E-state index contributed by atoms with van der Waals surface area (Å²) in [6.45, 7) is 3.80. The van der Waals surface area contributed by atoms with Crippen LogP contribution in [0.5, 0.6) is 5.75 Å². The van der Waals surface area contributed by atoms with E-state index in [1.807, 2.05) is 18.2 Å².